The number of halogens is 1. The number of aromatic nitrogens is 3. The van der Waals surface area contributed by atoms with Crippen LogP contribution in [0.25, 0.3) is 4.96 Å². The average molecular weight is 468 g/mol. The Labute approximate surface area is 195 Å². The predicted molar refractivity (Wildman–Crippen MR) is 127 cm³/mol. The number of benzene rings is 2. The minimum atomic E-state index is -0.227. The van der Waals surface area contributed by atoms with Crippen LogP contribution in [0.1, 0.15) is 29.2 Å². The Bertz CT molecular complexity index is 1230. The van der Waals surface area contributed by atoms with E-state index < -0.39 is 0 Å². The number of rotatable bonds is 6. The standard InChI is InChI=1S/C24H26FN5O2S/c1-3-32-20-10-4-17(5-11-20)21(22-23(31)30-24(33-22)26-16(2)27-30)29-14-12-28(13-15-29)19-8-6-18(25)7-9-19/h4-11,21,31H,3,12-15H2,1-2H3/t21-/m1/s1. The predicted octanol–water partition coefficient (Wildman–Crippen LogP) is 4.25. The molecule has 1 atom stereocenters. The zero-order valence-electron chi connectivity index (χ0n) is 18.6. The number of nitrogens with zero attached hydrogens (tertiary/aromatic N) is 5. The lowest BCUT2D eigenvalue weighted by Crippen LogP contribution is -2.47. The summed E-state index contributed by atoms with van der Waals surface area (Å²) >= 11 is 1.47. The molecule has 0 saturated carbocycles. The van der Waals surface area contributed by atoms with Crippen LogP contribution in [0.5, 0.6) is 11.6 Å². The third kappa shape index (κ3) is 4.26. The van der Waals surface area contributed by atoms with Gasteiger partial charge in [-0.15, -0.1) is 5.10 Å². The number of hydrogen-bond donors (Lipinski definition) is 1. The van der Waals surface area contributed by atoms with E-state index in [0.717, 1.165) is 48.1 Å². The van der Waals surface area contributed by atoms with Crippen molar-refractivity contribution >= 4 is 22.0 Å². The van der Waals surface area contributed by atoms with Gasteiger partial charge in [-0.1, -0.05) is 23.5 Å². The number of piperazine rings is 1. The highest BCUT2D eigenvalue weighted by atomic mass is 32.1. The van der Waals surface area contributed by atoms with E-state index in [2.05, 4.69) is 32.0 Å². The van der Waals surface area contributed by atoms with Crippen molar-refractivity contribution in [1.29, 1.82) is 0 Å². The van der Waals surface area contributed by atoms with Gasteiger partial charge in [0.05, 0.1) is 17.5 Å². The van der Waals surface area contributed by atoms with Crippen LogP contribution < -0.4 is 9.64 Å². The second-order valence-corrected chi connectivity index (χ2v) is 9.06. The fourth-order valence-corrected chi connectivity index (χ4v) is 5.52. The number of aromatic hydroxyl groups is 1. The molecule has 3 heterocycles. The van der Waals surface area contributed by atoms with E-state index in [-0.39, 0.29) is 17.7 Å². The smallest absolute Gasteiger partial charge is 0.230 e. The molecule has 9 heteroatoms. The summed E-state index contributed by atoms with van der Waals surface area (Å²) in [5.74, 6) is 1.36. The van der Waals surface area contributed by atoms with E-state index in [1.54, 1.807) is 0 Å². The number of thiazole rings is 1. The minimum Gasteiger partial charge on any atom is -0.494 e. The van der Waals surface area contributed by atoms with Gasteiger partial charge in [0.15, 0.2) is 0 Å². The molecule has 33 heavy (non-hydrogen) atoms. The molecule has 1 aliphatic heterocycles. The third-order valence-electron chi connectivity index (χ3n) is 5.93. The summed E-state index contributed by atoms with van der Waals surface area (Å²) in [6, 6.07) is 14.6. The summed E-state index contributed by atoms with van der Waals surface area (Å²) in [7, 11) is 0. The second kappa shape index (κ2) is 8.99. The van der Waals surface area contributed by atoms with Gasteiger partial charge < -0.3 is 14.7 Å². The Morgan fingerprint density at radius 1 is 1.06 bits per heavy atom. The second-order valence-electron chi connectivity index (χ2n) is 8.05. The third-order valence-corrected chi connectivity index (χ3v) is 7.00. The molecule has 7 nitrogen and oxygen atoms in total. The molecule has 1 fully saturated rings. The first-order valence-electron chi connectivity index (χ1n) is 11.1. The van der Waals surface area contributed by atoms with Crippen LogP contribution in [0.3, 0.4) is 0 Å². The fraction of sp³-hybridized carbons (Fsp3) is 0.333. The van der Waals surface area contributed by atoms with Crippen LogP contribution in [-0.2, 0) is 0 Å². The first kappa shape index (κ1) is 21.7. The van der Waals surface area contributed by atoms with Crippen LogP contribution in [-0.4, -0.2) is 57.4 Å². The van der Waals surface area contributed by atoms with E-state index in [1.165, 1.54) is 28.0 Å². The van der Waals surface area contributed by atoms with Crippen molar-refractivity contribution < 1.29 is 14.2 Å². The molecular weight excluding hydrogens is 441 g/mol. The molecule has 0 radical (unpaired) electrons. The highest BCUT2D eigenvalue weighted by Crippen LogP contribution is 2.40. The Kier molecular flexibility index (Phi) is 5.90. The molecule has 2 aromatic heterocycles. The molecule has 1 aliphatic rings. The Balaban J connectivity index is 1.45. The monoisotopic (exact) mass is 467 g/mol. The average Bonchev–Trinajstić information content (AvgIpc) is 3.33. The van der Waals surface area contributed by atoms with Crippen molar-refractivity contribution in [1.82, 2.24) is 19.5 Å². The summed E-state index contributed by atoms with van der Waals surface area (Å²) in [6.45, 7) is 7.59. The van der Waals surface area contributed by atoms with Crippen molar-refractivity contribution in [2.45, 2.75) is 19.9 Å². The van der Waals surface area contributed by atoms with Gasteiger partial charge in [0.1, 0.15) is 17.4 Å². The maximum Gasteiger partial charge on any atom is 0.230 e. The fourth-order valence-electron chi connectivity index (χ4n) is 4.36. The zero-order chi connectivity index (χ0) is 22.9. The molecule has 1 saturated heterocycles. The van der Waals surface area contributed by atoms with Crippen molar-refractivity contribution in [2.24, 2.45) is 0 Å². The Hall–Kier alpha value is -3.17. The number of aryl methyl sites for hydroxylation is 1. The maximum absolute atomic E-state index is 13.3. The quantitative estimate of drug-likeness (QED) is 0.457. The van der Waals surface area contributed by atoms with Gasteiger partial charge in [-0.3, -0.25) is 4.90 Å². The molecule has 0 amide bonds. The summed E-state index contributed by atoms with van der Waals surface area (Å²) < 4.78 is 20.5. The van der Waals surface area contributed by atoms with Crippen LogP contribution in [0.4, 0.5) is 10.1 Å². The van der Waals surface area contributed by atoms with Crippen molar-refractivity contribution in [2.75, 3.05) is 37.7 Å². The number of ether oxygens (including phenoxy) is 1. The summed E-state index contributed by atoms with van der Waals surface area (Å²) in [4.78, 5) is 10.6. The van der Waals surface area contributed by atoms with Crippen molar-refractivity contribution in [3.8, 4) is 11.6 Å². The highest BCUT2D eigenvalue weighted by molar-refractivity contribution is 7.17. The summed E-state index contributed by atoms with van der Waals surface area (Å²) in [6.07, 6.45) is 0. The molecule has 5 rings (SSSR count). The lowest BCUT2D eigenvalue weighted by Gasteiger charge is -2.40. The van der Waals surface area contributed by atoms with Crippen LogP contribution >= 0.6 is 11.3 Å². The lowest BCUT2D eigenvalue weighted by atomic mass is 10.0. The highest BCUT2D eigenvalue weighted by Gasteiger charge is 2.31. The summed E-state index contributed by atoms with van der Waals surface area (Å²) in [5.41, 5.74) is 2.09. The number of hydrogen-bond acceptors (Lipinski definition) is 7. The van der Waals surface area contributed by atoms with E-state index in [1.807, 2.05) is 38.1 Å². The molecular formula is C24H26FN5O2S. The van der Waals surface area contributed by atoms with Gasteiger partial charge in [-0.2, -0.15) is 4.52 Å². The van der Waals surface area contributed by atoms with Gasteiger partial charge in [-0.25, -0.2) is 9.37 Å². The molecule has 0 unspecified atom stereocenters. The Morgan fingerprint density at radius 2 is 1.76 bits per heavy atom. The first-order valence-corrected chi connectivity index (χ1v) is 11.9. The van der Waals surface area contributed by atoms with E-state index >= 15 is 0 Å². The van der Waals surface area contributed by atoms with Crippen molar-refractivity contribution in [3.05, 3.63) is 70.6 Å². The van der Waals surface area contributed by atoms with Gasteiger partial charge in [-0.05, 0) is 55.8 Å². The number of anilines is 1. The van der Waals surface area contributed by atoms with Crippen LogP contribution in [0.15, 0.2) is 48.5 Å². The topological polar surface area (TPSA) is 66.1 Å². The lowest BCUT2D eigenvalue weighted by molar-refractivity contribution is 0.211. The van der Waals surface area contributed by atoms with Gasteiger partial charge in [0, 0.05) is 31.9 Å². The van der Waals surface area contributed by atoms with Crippen LogP contribution in [0.2, 0.25) is 0 Å². The SMILES string of the molecule is CCOc1ccc([C@H](c2sc3nc(C)nn3c2O)N2CCN(c3ccc(F)cc3)CC2)cc1. The van der Waals surface area contributed by atoms with Crippen LogP contribution in [0, 0.1) is 12.7 Å². The molecule has 1 N–H and O–H groups in total. The Morgan fingerprint density at radius 3 is 2.39 bits per heavy atom. The van der Waals surface area contributed by atoms with Gasteiger partial charge in [0.2, 0.25) is 10.8 Å². The maximum atomic E-state index is 13.3. The van der Waals surface area contributed by atoms with Crippen molar-refractivity contribution in [3.63, 3.8) is 0 Å². The molecule has 172 valence electrons. The minimum absolute atomic E-state index is 0.134. The summed E-state index contributed by atoms with van der Waals surface area (Å²) in [5, 5.41) is 15.4. The van der Waals surface area contributed by atoms with E-state index in [9.17, 15) is 9.50 Å². The largest absolute Gasteiger partial charge is 0.494 e. The number of fused-ring (bicyclic) bond motifs is 1. The van der Waals surface area contributed by atoms with E-state index in [0.29, 0.717) is 17.4 Å². The van der Waals surface area contributed by atoms with Gasteiger partial charge >= 0.3 is 0 Å². The molecule has 0 aliphatic carbocycles. The normalized spacial score (nSPS) is 15.8. The molecule has 0 bridgehead atoms. The van der Waals surface area contributed by atoms with Gasteiger partial charge in [0.25, 0.3) is 0 Å². The zero-order valence-corrected chi connectivity index (χ0v) is 19.4. The molecule has 0 spiro atoms. The first-order chi connectivity index (χ1) is 16.0. The molecule has 2 aromatic carbocycles. The molecule has 4 aromatic rings. The van der Waals surface area contributed by atoms with E-state index in [4.69, 9.17) is 4.74 Å².